The molecule has 2 nitrogen and oxygen atoms in total. The van der Waals surface area contributed by atoms with Crippen molar-refractivity contribution < 1.29 is 0 Å². The van der Waals surface area contributed by atoms with Crippen LogP contribution in [0.15, 0.2) is 46.9 Å². The second-order valence-corrected chi connectivity index (χ2v) is 5.46. The quantitative estimate of drug-likeness (QED) is 0.869. The van der Waals surface area contributed by atoms with Gasteiger partial charge in [-0.05, 0) is 42.3 Å². The predicted octanol–water partition coefficient (Wildman–Crippen LogP) is 3.98. The molecule has 0 saturated carbocycles. The summed E-state index contributed by atoms with van der Waals surface area (Å²) in [4.78, 5) is 2.17. The lowest BCUT2D eigenvalue weighted by atomic mass is 10.1. The number of nitrogens with zero attached hydrogens (tertiary/aromatic N) is 1. The van der Waals surface area contributed by atoms with Gasteiger partial charge < -0.3 is 10.6 Å². The number of anilines is 2. The number of hydrogen-bond acceptors (Lipinski definition) is 2. The summed E-state index contributed by atoms with van der Waals surface area (Å²) in [7, 11) is 2.06. The van der Waals surface area contributed by atoms with Crippen LogP contribution in [0.5, 0.6) is 0 Å². The number of aryl methyl sites for hydroxylation is 1. The van der Waals surface area contributed by atoms with Gasteiger partial charge in [0.15, 0.2) is 0 Å². The van der Waals surface area contributed by atoms with Crippen LogP contribution in [-0.4, -0.2) is 7.05 Å². The summed E-state index contributed by atoms with van der Waals surface area (Å²) < 4.78 is 1.10. The first-order valence-electron chi connectivity index (χ1n) is 5.88. The molecule has 0 amide bonds. The van der Waals surface area contributed by atoms with Gasteiger partial charge in [0.05, 0.1) is 11.4 Å². The highest BCUT2D eigenvalue weighted by Gasteiger charge is 2.06. The van der Waals surface area contributed by atoms with Crippen molar-refractivity contribution in [2.24, 2.45) is 0 Å². The van der Waals surface area contributed by atoms with Crippen molar-refractivity contribution in [1.82, 2.24) is 0 Å². The van der Waals surface area contributed by atoms with E-state index in [1.165, 1.54) is 11.1 Å². The summed E-state index contributed by atoms with van der Waals surface area (Å²) >= 11 is 3.49. The molecule has 0 radical (unpaired) electrons. The molecule has 3 heteroatoms. The molecule has 0 aliphatic rings. The van der Waals surface area contributed by atoms with Gasteiger partial charge in [0.25, 0.3) is 0 Å². The average Bonchev–Trinajstić information content (AvgIpc) is 2.32. The lowest BCUT2D eigenvalue weighted by Gasteiger charge is -2.21. The molecule has 0 aromatic heterocycles. The molecule has 0 spiro atoms. The zero-order chi connectivity index (χ0) is 13.1. The van der Waals surface area contributed by atoms with E-state index in [1.807, 2.05) is 24.3 Å². The molecule has 0 heterocycles. The van der Waals surface area contributed by atoms with Crippen LogP contribution in [0.4, 0.5) is 11.4 Å². The van der Waals surface area contributed by atoms with Gasteiger partial charge in [-0.15, -0.1) is 0 Å². The van der Waals surface area contributed by atoms with Crippen molar-refractivity contribution in [3.05, 3.63) is 58.1 Å². The predicted molar refractivity (Wildman–Crippen MR) is 81.8 cm³/mol. The molecular weight excluding hydrogens is 288 g/mol. The van der Waals surface area contributed by atoms with Crippen molar-refractivity contribution in [1.29, 1.82) is 0 Å². The summed E-state index contributed by atoms with van der Waals surface area (Å²) in [6, 6.07) is 14.4. The van der Waals surface area contributed by atoms with Crippen LogP contribution in [0, 0.1) is 6.92 Å². The standard InChI is InChI=1S/C15H17BrN2/c1-11-6-7-14(17)15(8-11)18(2)10-12-4-3-5-13(16)9-12/h3-9H,10,17H2,1-2H3. The minimum atomic E-state index is 0.818. The summed E-state index contributed by atoms with van der Waals surface area (Å²) in [6.07, 6.45) is 0. The van der Waals surface area contributed by atoms with E-state index < -0.39 is 0 Å². The van der Waals surface area contributed by atoms with Gasteiger partial charge in [0.1, 0.15) is 0 Å². The van der Waals surface area contributed by atoms with E-state index in [4.69, 9.17) is 5.73 Å². The number of benzene rings is 2. The molecule has 2 rings (SSSR count). The third-order valence-corrected chi connectivity index (χ3v) is 3.40. The minimum Gasteiger partial charge on any atom is -0.397 e. The zero-order valence-electron chi connectivity index (χ0n) is 10.7. The fourth-order valence-electron chi connectivity index (χ4n) is 1.98. The summed E-state index contributed by atoms with van der Waals surface area (Å²) in [5, 5.41) is 0. The molecule has 0 aliphatic heterocycles. The van der Waals surface area contributed by atoms with Crippen molar-refractivity contribution >= 4 is 27.3 Å². The summed E-state index contributed by atoms with van der Waals surface area (Å²) in [6.45, 7) is 2.92. The van der Waals surface area contributed by atoms with Crippen molar-refractivity contribution in [3.8, 4) is 0 Å². The number of halogens is 1. The Labute approximate surface area is 117 Å². The van der Waals surface area contributed by atoms with E-state index in [9.17, 15) is 0 Å². The maximum atomic E-state index is 6.02. The summed E-state index contributed by atoms with van der Waals surface area (Å²) in [5.41, 5.74) is 10.4. The molecule has 2 N–H and O–H groups in total. The minimum absolute atomic E-state index is 0.818. The molecular formula is C15H17BrN2. The first kappa shape index (κ1) is 13.0. The van der Waals surface area contributed by atoms with Gasteiger partial charge in [-0.1, -0.05) is 34.1 Å². The monoisotopic (exact) mass is 304 g/mol. The van der Waals surface area contributed by atoms with Crippen molar-refractivity contribution in [3.63, 3.8) is 0 Å². The first-order chi connectivity index (χ1) is 8.56. The third-order valence-electron chi connectivity index (χ3n) is 2.91. The molecule has 0 saturated heterocycles. The van der Waals surface area contributed by atoms with E-state index in [0.29, 0.717) is 0 Å². The van der Waals surface area contributed by atoms with Crippen molar-refractivity contribution in [2.45, 2.75) is 13.5 Å². The van der Waals surface area contributed by atoms with E-state index in [2.05, 4.69) is 53.0 Å². The highest BCUT2D eigenvalue weighted by atomic mass is 79.9. The van der Waals surface area contributed by atoms with Gasteiger partial charge in [-0.2, -0.15) is 0 Å². The second-order valence-electron chi connectivity index (χ2n) is 4.55. The second kappa shape index (κ2) is 5.44. The van der Waals surface area contributed by atoms with Crippen LogP contribution in [0.25, 0.3) is 0 Å². The highest BCUT2D eigenvalue weighted by molar-refractivity contribution is 9.10. The number of rotatable bonds is 3. The Kier molecular flexibility index (Phi) is 3.92. The van der Waals surface area contributed by atoms with Gasteiger partial charge in [0, 0.05) is 18.1 Å². The fraction of sp³-hybridized carbons (Fsp3) is 0.200. The maximum Gasteiger partial charge on any atom is 0.0603 e. The van der Waals surface area contributed by atoms with E-state index in [-0.39, 0.29) is 0 Å². The van der Waals surface area contributed by atoms with Gasteiger partial charge in [0.2, 0.25) is 0 Å². The molecule has 0 atom stereocenters. The number of hydrogen-bond donors (Lipinski definition) is 1. The Morgan fingerprint density at radius 3 is 2.67 bits per heavy atom. The van der Waals surface area contributed by atoms with E-state index >= 15 is 0 Å². The Morgan fingerprint density at radius 2 is 1.94 bits per heavy atom. The highest BCUT2D eigenvalue weighted by Crippen LogP contribution is 2.25. The molecule has 18 heavy (non-hydrogen) atoms. The molecule has 2 aromatic rings. The van der Waals surface area contributed by atoms with Crippen LogP contribution in [0.3, 0.4) is 0 Å². The lowest BCUT2D eigenvalue weighted by molar-refractivity contribution is 0.923. The zero-order valence-corrected chi connectivity index (χ0v) is 12.2. The van der Waals surface area contributed by atoms with E-state index in [1.54, 1.807) is 0 Å². The molecule has 0 fully saturated rings. The van der Waals surface area contributed by atoms with Crippen LogP contribution >= 0.6 is 15.9 Å². The molecule has 2 aromatic carbocycles. The number of nitrogens with two attached hydrogens (primary N) is 1. The largest absolute Gasteiger partial charge is 0.397 e. The average molecular weight is 305 g/mol. The SMILES string of the molecule is Cc1ccc(N)c(N(C)Cc2cccc(Br)c2)c1. The first-order valence-corrected chi connectivity index (χ1v) is 6.67. The maximum absolute atomic E-state index is 6.02. The lowest BCUT2D eigenvalue weighted by Crippen LogP contribution is -2.17. The Morgan fingerprint density at radius 1 is 1.17 bits per heavy atom. The third kappa shape index (κ3) is 3.05. The normalized spacial score (nSPS) is 10.4. The topological polar surface area (TPSA) is 29.3 Å². The van der Waals surface area contributed by atoms with Gasteiger partial charge >= 0.3 is 0 Å². The Bertz CT molecular complexity index is 552. The molecule has 94 valence electrons. The van der Waals surface area contributed by atoms with Crippen LogP contribution in [0.2, 0.25) is 0 Å². The fourth-order valence-corrected chi connectivity index (χ4v) is 2.43. The van der Waals surface area contributed by atoms with Crippen LogP contribution in [-0.2, 0) is 6.54 Å². The number of nitrogen functional groups attached to an aromatic ring is 1. The van der Waals surface area contributed by atoms with Crippen molar-refractivity contribution in [2.75, 3.05) is 17.7 Å². The van der Waals surface area contributed by atoms with Crippen LogP contribution < -0.4 is 10.6 Å². The Hall–Kier alpha value is -1.48. The molecule has 0 aliphatic carbocycles. The molecule has 0 bridgehead atoms. The smallest absolute Gasteiger partial charge is 0.0603 e. The summed E-state index contributed by atoms with van der Waals surface area (Å²) in [5.74, 6) is 0. The Balaban J connectivity index is 2.21. The molecule has 0 unspecified atom stereocenters. The van der Waals surface area contributed by atoms with Crippen LogP contribution in [0.1, 0.15) is 11.1 Å². The van der Waals surface area contributed by atoms with E-state index in [0.717, 1.165) is 22.4 Å². The van der Waals surface area contributed by atoms with Gasteiger partial charge in [-0.25, -0.2) is 0 Å². The van der Waals surface area contributed by atoms with Gasteiger partial charge in [-0.3, -0.25) is 0 Å².